The molecule has 132 valence electrons. The quantitative estimate of drug-likeness (QED) is 0.668. The third-order valence-electron chi connectivity index (χ3n) is 3.43. The van der Waals surface area contributed by atoms with Crippen molar-refractivity contribution in [1.29, 1.82) is 0 Å². The number of nitrogens with one attached hydrogen (secondary N) is 2. The normalized spacial score (nSPS) is 10.2. The van der Waals surface area contributed by atoms with Crippen molar-refractivity contribution in [2.24, 2.45) is 0 Å². The van der Waals surface area contributed by atoms with Gasteiger partial charge in [-0.25, -0.2) is 0 Å². The van der Waals surface area contributed by atoms with E-state index in [-0.39, 0.29) is 11.6 Å². The minimum Gasteiger partial charge on any atom is -0.492 e. The highest BCUT2D eigenvalue weighted by molar-refractivity contribution is 6.30. The lowest BCUT2D eigenvalue weighted by Crippen LogP contribution is -2.15. The molecule has 26 heavy (non-hydrogen) atoms. The van der Waals surface area contributed by atoms with Crippen molar-refractivity contribution in [2.75, 3.05) is 17.2 Å². The number of amides is 1. The van der Waals surface area contributed by atoms with Crippen LogP contribution in [0, 0.1) is 0 Å². The summed E-state index contributed by atoms with van der Waals surface area (Å²) in [5.41, 5.74) is 1.57. The number of carbonyl (C=O) groups is 1. The molecule has 0 aliphatic heterocycles. The first kappa shape index (κ1) is 17.7. The third-order valence-corrected chi connectivity index (χ3v) is 3.66. The molecule has 2 aromatic carbocycles. The van der Waals surface area contributed by atoms with Crippen molar-refractivity contribution in [3.05, 3.63) is 71.4 Å². The fourth-order valence-corrected chi connectivity index (χ4v) is 2.46. The molecule has 7 heteroatoms. The number of hydrogen-bond donors (Lipinski definition) is 2. The zero-order valence-electron chi connectivity index (χ0n) is 14.1. The fourth-order valence-electron chi connectivity index (χ4n) is 2.27. The monoisotopic (exact) mass is 368 g/mol. The van der Waals surface area contributed by atoms with Crippen LogP contribution in [0.5, 0.6) is 5.75 Å². The van der Waals surface area contributed by atoms with Crippen LogP contribution >= 0.6 is 11.6 Å². The second-order valence-electron chi connectivity index (χ2n) is 5.32. The van der Waals surface area contributed by atoms with E-state index in [9.17, 15) is 4.79 Å². The highest BCUT2D eigenvalue weighted by Crippen LogP contribution is 2.24. The topological polar surface area (TPSA) is 76.1 Å². The van der Waals surface area contributed by atoms with Crippen LogP contribution in [0.1, 0.15) is 17.4 Å². The number of benzene rings is 2. The van der Waals surface area contributed by atoms with Crippen LogP contribution in [-0.2, 0) is 0 Å². The van der Waals surface area contributed by atoms with Gasteiger partial charge in [0, 0.05) is 10.7 Å². The first-order valence-electron chi connectivity index (χ1n) is 8.05. The standard InChI is InChI=1S/C19H17ClN4O2/c1-2-26-17-9-4-3-8-15(17)22-19(25)16-10-11-18(24-23-16)21-14-7-5-6-13(20)12-14/h3-12H,2H2,1H3,(H,21,24)(H,22,25). The zero-order valence-corrected chi connectivity index (χ0v) is 14.8. The lowest BCUT2D eigenvalue weighted by molar-refractivity contribution is 0.102. The Labute approximate surface area is 156 Å². The Kier molecular flexibility index (Phi) is 5.66. The predicted octanol–water partition coefficient (Wildman–Crippen LogP) is 4.52. The molecule has 0 saturated heterocycles. The van der Waals surface area contributed by atoms with Gasteiger partial charge in [-0.3, -0.25) is 4.79 Å². The smallest absolute Gasteiger partial charge is 0.276 e. The number of para-hydroxylation sites is 2. The van der Waals surface area contributed by atoms with E-state index in [4.69, 9.17) is 16.3 Å². The summed E-state index contributed by atoms with van der Waals surface area (Å²) in [6.07, 6.45) is 0. The van der Waals surface area contributed by atoms with Gasteiger partial charge in [0.15, 0.2) is 11.5 Å². The largest absolute Gasteiger partial charge is 0.492 e. The van der Waals surface area contributed by atoms with Crippen LogP contribution in [0.25, 0.3) is 0 Å². The van der Waals surface area contributed by atoms with Crippen LogP contribution in [0.2, 0.25) is 5.02 Å². The number of aromatic nitrogens is 2. The molecule has 3 rings (SSSR count). The fraction of sp³-hybridized carbons (Fsp3) is 0.105. The molecule has 0 aliphatic carbocycles. The summed E-state index contributed by atoms with van der Waals surface area (Å²) >= 11 is 5.95. The maximum absolute atomic E-state index is 12.4. The van der Waals surface area contributed by atoms with Gasteiger partial charge in [-0.15, -0.1) is 10.2 Å². The van der Waals surface area contributed by atoms with Gasteiger partial charge in [-0.1, -0.05) is 29.8 Å². The third kappa shape index (κ3) is 4.49. The Morgan fingerprint density at radius 2 is 1.92 bits per heavy atom. The van der Waals surface area contributed by atoms with Crippen molar-refractivity contribution in [1.82, 2.24) is 10.2 Å². The molecule has 0 bridgehead atoms. The molecule has 3 aromatic rings. The van der Waals surface area contributed by atoms with Crippen LogP contribution in [0.15, 0.2) is 60.7 Å². The summed E-state index contributed by atoms with van der Waals surface area (Å²) in [6, 6.07) is 17.7. The number of ether oxygens (including phenoxy) is 1. The van der Waals surface area contributed by atoms with Crippen molar-refractivity contribution in [3.63, 3.8) is 0 Å². The maximum atomic E-state index is 12.4. The van der Waals surface area contributed by atoms with E-state index in [1.54, 1.807) is 36.4 Å². The average molecular weight is 369 g/mol. The van der Waals surface area contributed by atoms with Crippen molar-refractivity contribution < 1.29 is 9.53 Å². The number of rotatable bonds is 6. The van der Waals surface area contributed by atoms with E-state index in [0.29, 0.717) is 28.9 Å². The molecule has 1 heterocycles. The first-order valence-corrected chi connectivity index (χ1v) is 8.43. The van der Waals surface area contributed by atoms with Gasteiger partial charge in [0.1, 0.15) is 5.75 Å². The van der Waals surface area contributed by atoms with E-state index in [1.165, 1.54) is 0 Å². The molecule has 2 N–H and O–H groups in total. The molecular formula is C19H17ClN4O2. The van der Waals surface area contributed by atoms with E-state index in [1.807, 2.05) is 31.2 Å². The first-order chi connectivity index (χ1) is 12.7. The van der Waals surface area contributed by atoms with Crippen LogP contribution in [0.3, 0.4) is 0 Å². The Hall–Kier alpha value is -3.12. The molecule has 1 amide bonds. The lowest BCUT2D eigenvalue weighted by atomic mass is 10.2. The molecule has 1 aromatic heterocycles. The summed E-state index contributed by atoms with van der Waals surface area (Å²) in [5, 5.41) is 14.5. The summed E-state index contributed by atoms with van der Waals surface area (Å²) in [6.45, 7) is 2.40. The molecule has 0 atom stereocenters. The van der Waals surface area contributed by atoms with Crippen molar-refractivity contribution in [3.8, 4) is 5.75 Å². The van der Waals surface area contributed by atoms with E-state index < -0.39 is 0 Å². The highest BCUT2D eigenvalue weighted by atomic mass is 35.5. The number of nitrogens with zero attached hydrogens (tertiary/aromatic N) is 2. The molecular weight excluding hydrogens is 352 g/mol. The van der Waals surface area contributed by atoms with E-state index >= 15 is 0 Å². The zero-order chi connectivity index (χ0) is 18.4. The molecule has 6 nitrogen and oxygen atoms in total. The second-order valence-corrected chi connectivity index (χ2v) is 5.76. The number of carbonyl (C=O) groups excluding carboxylic acids is 1. The van der Waals surface area contributed by atoms with Gasteiger partial charge in [0.2, 0.25) is 0 Å². The van der Waals surface area contributed by atoms with Gasteiger partial charge >= 0.3 is 0 Å². The minimum atomic E-state index is -0.362. The van der Waals surface area contributed by atoms with E-state index in [2.05, 4.69) is 20.8 Å². The number of hydrogen-bond acceptors (Lipinski definition) is 5. The summed E-state index contributed by atoms with van der Waals surface area (Å²) in [5.74, 6) is 0.757. The number of halogens is 1. The Morgan fingerprint density at radius 1 is 1.08 bits per heavy atom. The minimum absolute atomic E-state index is 0.202. The SMILES string of the molecule is CCOc1ccccc1NC(=O)c1ccc(Nc2cccc(Cl)c2)nn1. The van der Waals surface area contributed by atoms with Crippen molar-refractivity contribution in [2.45, 2.75) is 6.92 Å². The highest BCUT2D eigenvalue weighted by Gasteiger charge is 2.11. The molecule has 0 aliphatic rings. The molecule has 0 spiro atoms. The summed E-state index contributed by atoms with van der Waals surface area (Å²) in [7, 11) is 0. The molecule has 0 fully saturated rings. The Balaban J connectivity index is 1.69. The van der Waals surface area contributed by atoms with Crippen molar-refractivity contribution >= 4 is 34.7 Å². The van der Waals surface area contributed by atoms with Crippen LogP contribution < -0.4 is 15.4 Å². The second kappa shape index (κ2) is 8.31. The number of anilines is 3. The molecule has 0 radical (unpaired) electrons. The Bertz CT molecular complexity index is 900. The predicted molar refractivity (Wildman–Crippen MR) is 102 cm³/mol. The van der Waals surface area contributed by atoms with Gasteiger partial charge in [-0.05, 0) is 49.4 Å². The van der Waals surface area contributed by atoms with Crippen LogP contribution in [0.4, 0.5) is 17.2 Å². The van der Waals surface area contributed by atoms with Crippen LogP contribution in [-0.4, -0.2) is 22.7 Å². The molecule has 0 saturated carbocycles. The van der Waals surface area contributed by atoms with Gasteiger partial charge < -0.3 is 15.4 Å². The summed E-state index contributed by atoms with van der Waals surface area (Å²) in [4.78, 5) is 12.4. The van der Waals surface area contributed by atoms with Gasteiger partial charge in [0.05, 0.1) is 12.3 Å². The van der Waals surface area contributed by atoms with Gasteiger partial charge in [0.25, 0.3) is 5.91 Å². The summed E-state index contributed by atoms with van der Waals surface area (Å²) < 4.78 is 5.50. The average Bonchev–Trinajstić information content (AvgIpc) is 2.64. The lowest BCUT2D eigenvalue weighted by Gasteiger charge is -2.11. The maximum Gasteiger partial charge on any atom is 0.276 e. The van der Waals surface area contributed by atoms with Gasteiger partial charge in [-0.2, -0.15) is 0 Å². The Morgan fingerprint density at radius 3 is 2.65 bits per heavy atom. The van der Waals surface area contributed by atoms with E-state index in [0.717, 1.165) is 5.69 Å². The molecule has 0 unspecified atom stereocenters.